The quantitative estimate of drug-likeness (QED) is 0.395. The maximum absolute atomic E-state index is 13.4. The Morgan fingerprint density at radius 2 is 2.00 bits per heavy atom. The Bertz CT molecular complexity index is 1280. The molecule has 0 spiro atoms. The minimum atomic E-state index is -4.55. The van der Waals surface area contributed by atoms with Crippen molar-refractivity contribution in [3.8, 4) is 6.19 Å². The Morgan fingerprint density at radius 1 is 1.30 bits per heavy atom. The molecule has 8 nitrogen and oxygen atoms in total. The number of hydrogen-bond donors (Lipinski definition) is 1. The van der Waals surface area contributed by atoms with E-state index in [1.165, 1.54) is 0 Å². The first-order chi connectivity index (χ1) is 15.4. The smallest absolute Gasteiger partial charge is 0.335 e. The number of guanidine groups is 1. The van der Waals surface area contributed by atoms with E-state index in [1.54, 1.807) is 18.0 Å². The van der Waals surface area contributed by atoms with Gasteiger partial charge < -0.3 is 4.90 Å². The molecule has 2 aromatic rings. The number of aliphatic imine (C=N–C) groups is 1. The van der Waals surface area contributed by atoms with Gasteiger partial charge in [0.25, 0.3) is 11.5 Å². The fraction of sp³-hybridized carbons (Fsp3) is 0.579. The maximum atomic E-state index is 13.4. The van der Waals surface area contributed by atoms with Gasteiger partial charge >= 0.3 is 11.9 Å². The Morgan fingerprint density at radius 3 is 2.61 bits per heavy atom. The van der Waals surface area contributed by atoms with E-state index in [9.17, 15) is 31.5 Å². The van der Waals surface area contributed by atoms with E-state index in [2.05, 4.69) is 10.3 Å². The van der Waals surface area contributed by atoms with Crippen molar-refractivity contribution in [2.24, 2.45) is 4.99 Å². The minimum absolute atomic E-state index is 0.0536. The number of thiophene rings is 1. The average molecular weight is 490 g/mol. The summed E-state index contributed by atoms with van der Waals surface area (Å²) in [5.41, 5.74) is -1.33. The van der Waals surface area contributed by atoms with E-state index < -0.39 is 55.2 Å². The fourth-order valence-corrected chi connectivity index (χ4v) is 5.44. The van der Waals surface area contributed by atoms with Gasteiger partial charge in [-0.15, -0.1) is 11.3 Å². The molecule has 3 heterocycles. The van der Waals surface area contributed by atoms with Gasteiger partial charge in [0.1, 0.15) is 4.83 Å². The van der Waals surface area contributed by atoms with E-state index >= 15 is 0 Å². The third-order valence-electron chi connectivity index (χ3n) is 5.83. The van der Waals surface area contributed by atoms with Gasteiger partial charge in [0, 0.05) is 30.8 Å². The molecule has 1 aliphatic carbocycles. The van der Waals surface area contributed by atoms with E-state index in [4.69, 9.17) is 5.26 Å². The molecule has 14 heteroatoms. The van der Waals surface area contributed by atoms with Crippen LogP contribution < -0.4 is 16.6 Å². The molecule has 1 N–H and O–H groups in total. The van der Waals surface area contributed by atoms with Crippen LogP contribution in [0.15, 0.2) is 14.6 Å². The number of rotatable bonds is 5. The number of nitrogens with one attached hydrogen (secondary N) is 1. The summed E-state index contributed by atoms with van der Waals surface area (Å²) in [7, 11) is 0. The van der Waals surface area contributed by atoms with Gasteiger partial charge in [-0.1, -0.05) is 0 Å². The highest BCUT2D eigenvalue weighted by Crippen LogP contribution is 2.44. The highest BCUT2D eigenvalue weighted by atomic mass is 32.1. The molecule has 0 unspecified atom stereocenters. The summed E-state index contributed by atoms with van der Waals surface area (Å²) in [6.45, 7) is 2.02. The summed E-state index contributed by atoms with van der Waals surface area (Å²) >= 11 is 1.01. The number of hydrogen-bond acceptors (Lipinski definition) is 7. The molecule has 178 valence electrons. The molecule has 2 aliphatic rings. The van der Waals surface area contributed by atoms with Crippen molar-refractivity contribution >= 4 is 27.5 Å². The number of aryl methyl sites for hydroxylation is 2. The van der Waals surface area contributed by atoms with Crippen LogP contribution >= 0.6 is 11.3 Å². The van der Waals surface area contributed by atoms with Gasteiger partial charge in [-0.2, -0.15) is 18.4 Å². The van der Waals surface area contributed by atoms with Crippen LogP contribution in [0.25, 0.3) is 10.2 Å². The van der Waals surface area contributed by atoms with E-state index in [1.807, 2.05) is 0 Å². The number of nitriles is 1. The minimum Gasteiger partial charge on any atom is -0.335 e. The Balaban J connectivity index is 1.82. The normalized spacial score (nSPS) is 18.3. The van der Waals surface area contributed by atoms with Crippen molar-refractivity contribution in [1.29, 1.82) is 5.26 Å². The molecule has 0 bridgehead atoms. The third-order valence-corrected chi connectivity index (χ3v) is 7.13. The average Bonchev–Trinajstić information content (AvgIpc) is 3.24. The first-order valence-corrected chi connectivity index (χ1v) is 10.9. The zero-order chi connectivity index (χ0) is 24.1. The van der Waals surface area contributed by atoms with Crippen LogP contribution in [0, 0.1) is 18.4 Å². The summed E-state index contributed by atoms with van der Waals surface area (Å²) in [4.78, 5) is 32.8. The van der Waals surface area contributed by atoms with Gasteiger partial charge in [-0.05, 0) is 12.5 Å². The Kier molecular flexibility index (Phi) is 5.71. The predicted octanol–water partition coefficient (Wildman–Crippen LogP) is 2.70. The number of fused-ring (bicyclic) bond motifs is 1. The van der Waals surface area contributed by atoms with Crippen molar-refractivity contribution < 1.29 is 22.0 Å². The molecule has 0 amide bonds. The lowest BCUT2D eigenvalue weighted by molar-refractivity contribution is -0.136. The zero-order valence-corrected chi connectivity index (χ0v) is 18.2. The largest absolute Gasteiger partial charge is 0.390 e. The molecule has 0 aromatic carbocycles. The molecule has 2 aromatic heterocycles. The Labute approximate surface area is 187 Å². The van der Waals surface area contributed by atoms with Gasteiger partial charge in [0.2, 0.25) is 5.96 Å². The van der Waals surface area contributed by atoms with Crippen LogP contribution in [0.2, 0.25) is 0 Å². The molecule has 0 atom stereocenters. The lowest BCUT2D eigenvalue weighted by Crippen LogP contribution is -2.49. The lowest BCUT2D eigenvalue weighted by atomic mass is 9.88. The van der Waals surface area contributed by atoms with Gasteiger partial charge in [-0.25, -0.2) is 13.6 Å². The first-order valence-electron chi connectivity index (χ1n) is 10.1. The van der Waals surface area contributed by atoms with Crippen molar-refractivity contribution in [2.75, 3.05) is 13.1 Å². The molecular formula is C19H19F5N6O2S. The first kappa shape index (κ1) is 23.2. The molecule has 33 heavy (non-hydrogen) atoms. The molecule has 1 fully saturated rings. The standard InChI is InChI=1S/C19H19F5N6O2S/c1-10-12(8-28-5-3-26-16(28)27-9-25)33-15-13(10)14(31)30(11-6-18(20,21)7-11)17(32)29(15)4-2-19(22,23)24/h11H,2-8H2,1H3,(H,26,27). The Hall–Kier alpha value is -2.95. The van der Waals surface area contributed by atoms with E-state index in [0.29, 0.717) is 34.1 Å². The van der Waals surface area contributed by atoms with Crippen LogP contribution in [-0.4, -0.2) is 45.2 Å². The zero-order valence-electron chi connectivity index (χ0n) is 17.4. The number of nitrogens with zero attached hydrogens (tertiary/aromatic N) is 5. The number of aromatic nitrogens is 2. The molecule has 0 saturated heterocycles. The van der Waals surface area contributed by atoms with Crippen LogP contribution in [0.3, 0.4) is 0 Å². The summed E-state index contributed by atoms with van der Waals surface area (Å²) in [5.74, 6) is -2.69. The molecule has 4 rings (SSSR count). The van der Waals surface area contributed by atoms with Crippen LogP contribution in [0.1, 0.15) is 35.7 Å². The lowest BCUT2D eigenvalue weighted by Gasteiger charge is -2.35. The SMILES string of the molecule is Cc1c(CN2CCN=C2NC#N)sc2c1c(=O)n(C1CC(F)(F)C1)c(=O)n2CCC(F)(F)F. The second-order valence-electron chi connectivity index (χ2n) is 8.09. The van der Waals surface area contributed by atoms with Crippen molar-refractivity contribution in [3.05, 3.63) is 31.3 Å². The van der Waals surface area contributed by atoms with E-state index in [-0.39, 0.29) is 16.8 Å². The fourth-order valence-electron chi connectivity index (χ4n) is 4.11. The molecule has 0 radical (unpaired) electrons. The number of alkyl halides is 5. The number of halogens is 5. The van der Waals surface area contributed by atoms with Gasteiger partial charge in [0.15, 0.2) is 6.19 Å². The highest BCUT2D eigenvalue weighted by molar-refractivity contribution is 7.18. The van der Waals surface area contributed by atoms with Crippen molar-refractivity contribution in [2.45, 2.75) is 57.4 Å². The highest BCUT2D eigenvalue weighted by Gasteiger charge is 2.48. The topological polar surface area (TPSA) is 95.4 Å². The van der Waals surface area contributed by atoms with Gasteiger partial charge in [-0.3, -0.25) is 24.2 Å². The second kappa shape index (κ2) is 8.12. The summed E-state index contributed by atoms with van der Waals surface area (Å²) < 4.78 is 67.2. The molecule has 1 saturated carbocycles. The van der Waals surface area contributed by atoms with Crippen molar-refractivity contribution in [1.82, 2.24) is 19.4 Å². The molecule has 1 aliphatic heterocycles. The summed E-state index contributed by atoms with van der Waals surface area (Å²) in [5, 5.41) is 11.4. The maximum Gasteiger partial charge on any atom is 0.390 e. The monoisotopic (exact) mass is 490 g/mol. The van der Waals surface area contributed by atoms with Gasteiger partial charge in [0.05, 0.1) is 30.9 Å². The van der Waals surface area contributed by atoms with Crippen molar-refractivity contribution in [3.63, 3.8) is 0 Å². The second-order valence-corrected chi connectivity index (χ2v) is 9.17. The summed E-state index contributed by atoms with van der Waals surface area (Å²) in [6.07, 6.45) is -5.50. The van der Waals surface area contributed by atoms with E-state index in [0.717, 1.165) is 15.9 Å². The van der Waals surface area contributed by atoms with Crippen LogP contribution in [0.5, 0.6) is 0 Å². The van der Waals surface area contributed by atoms with Crippen LogP contribution in [-0.2, 0) is 13.1 Å². The molecular weight excluding hydrogens is 471 g/mol. The summed E-state index contributed by atoms with van der Waals surface area (Å²) in [6, 6.07) is -1.07. The van der Waals surface area contributed by atoms with Crippen LogP contribution in [0.4, 0.5) is 22.0 Å². The third kappa shape index (κ3) is 4.33. The predicted molar refractivity (Wildman–Crippen MR) is 110 cm³/mol.